The van der Waals surface area contributed by atoms with E-state index >= 15 is 0 Å². The number of ether oxygens (including phenoxy) is 1. The first-order valence-corrected chi connectivity index (χ1v) is 6.08. The molecule has 0 radical (unpaired) electrons. The van der Waals surface area contributed by atoms with E-state index < -0.39 is 0 Å². The second-order valence-corrected chi connectivity index (χ2v) is 4.87. The normalized spacial score (nSPS) is 10.3. The van der Waals surface area contributed by atoms with Crippen LogP contribution in [-0.4, -0.2) is 4.98 Å². The molecule has 1 aromatic heterocycles. The Bertz CT molecular complexity index is 511. The Morgan fingerprint density at radius 3 is 2.76 bits per heavy atom. The number of pyridine rings is 1. The summed E-state index contributed by atoms with van der Waals surface area (Å²) in [5.41, 5.74) is 7.32. The van der Waals surface area contributed by atoms with Crippen LogP contribution in [-0.2, 0) is 0 Å². The third-order valence-corrected chi connectivity index (χ3v) is 2.97. The summed E-state index contributed by atoms with van der Waals surface area (Å²) in [4.78, 5) is 4.14. The van der Waals surface area contributed by atoms with Crippen LogP contribution in [0.15, 0.2) is 34.9 Å². The van der Waals surface area contributed by atoms with Gasteiger partial charge in [0.1, 0.15) is 5.75 Å². The maximum absolute atomic E-state index is 5.85. The number of hydrogen-bond acceptors (Lipinski definition) is 3. The average molecular weight is 314 g/mol. The summed E-state index contributed by atoms with van der Waals surface area (Å²) < 4.78 is 6.36. The smallest absolute Gasteiger partial charge is 0.242 e. The molecule has 0 aliphatic rings. The van der Waals surface area contributed by atoms with E-state index in [0.29, 0.717) is 22.3 Å². The van der Waals surface area contributed by atoms with Crippen LogP contribution in [0.4, 0.5) is 5.69 Å². The molecular formula is C12H10BrClN2O. The molecule has 1 aromatic carbocycles. The number of aryl methyl sites for hydroxylation is 1. The maximum atomic E-state index is 5.85. The summed E-state index contributed by atoms with van der Waals surface area (Å²) >= 11 is 9.21. The van der Waals surface area contributed by atoms with Gasteiger partial charge < -0.3 is 10.5 Å². The van der Waals surface area contributed by atoms with Gasteiger partial charge in [-0.1, -0.05) is 11.6 Å². The molecule has 2 N–H and O–H groups in total. The minimum absolute atomic E-state index is 0.388. The van der Waals surface area contributed by atoms with E-state index in [1.807, 2.05) is 13.0 Å². The van der Waals surface area contributed by atoms with E-state index in [1.54, 1.807) is 24.4 Å². The van der Waals surface area contributed by atoms with Gasteiger partial charge in [-0.25, -0.2) is 4.98 Å². The maximum Gasteiger partial charge on any atom is 0.242 e. The lowest BCUT2D eigenvalue weighted by molar-refractivity contribution is 0.462. The standard InChI is InChI=1S/C12H10BrClN2O/c1-7-4-10(15)12(16-6-7)17-11-3-2-8(14)5-9(11)13/h2-6H,15H2,1H3. The molecule has 5 heteroatoms. The Hall–Kier alpha value is -1.26. The van der Waals surface area contributed by atoms with Crippen molar-refractivity contribution in [1.29, 1.82) is 0 Å². The first-order valence-electron chi connectivity index (χ1n) is 4.91. The molecule has 88 valence electrons. The van der Waals surface area contributed by atoms with E-state index in [4.69, 9.17) is 22.1 Å². The van der Waals surface area contributed by atoms with Gasteiger partial charge in [-0.15, -0.1) is 0 Å². The molecule has 0 saturated heterocycles. The molecule has 0 aliphatic heterocycles. The SMILES string of the molecule is Cc1cnc(Oc2ccc(Cl)cc2Br)c(N)c1. The Balaban J connectivity index is 2.31. The molecular weight excluding hydrogens is 304 g/mol. The number of benzene rings is 1. The predicted molar refractivity (Wildman–Crippen MR) is 72.6 cm³/mol. The fourth-order valence-electron chi connectivity index (χ4n) is 1.33. The number of halogens is 2. The van der Waals surface area contributed by atoms with Crippen LogP contribution in [0.5, 0.6) is 11.6 Å². The fourth-order valence-corrected chi connectivity index (χ4v) is 2.09. The van der Waals surface area contributed by atoms with E-state index in [1.165, 1.54) is 0 Å². The van der Waals surface area contributed by atoms with Crippen LogP contribution >= 0.6 is 27.5 Å². The van der Waals surface area contributed by atoms with Crippen molar-refractivity contribution in [3.8, 4) is 11.6 Å². The number of anilines is 1. The molecule has 0 aliphatic carbocycles. The molecule has 0 saturated carbocycles. The molecule has 0 atom stereocenters. The van der Waals surface area contributed by atoms with Crippen molar-refractivity contribution in [3.05, 3.63) is 45.5 Å². The highest BCUT2D eigenvalue weighted by molar-refractivity contribution is 9.10. The van der Waals surface area contributed by atoms with Crippen LogP contribution in [0.1, 0.15) is 5.56 Å². The Morgan fingerprint density at radius 1 is 1.35 bits per heavy atom. The van der Waals surface area contributed by atoms with E-state index in [2.05, 4.69) is 20.9 Å². The van der Waals surface area contributed by atoms with Gasteiger partial charge in [-0.2, -0.15) is 0 Å². The van der Waals surface area contributed by atoms with Crippen molar-refractivity contribution >= 4 is 33.2 Å². The molecule has 0 unspecified atom stereocenters. The predicted octanol–water partition coefficient (Wildman–Crippen LogP) is 4.18. The number of aromatic nitrogens is 1. The van der Waals surface area contributed by atoms with Gasteiger partial charge in [0.2, 0.25) is 5.88 Å². The van der Waals surface area contributed by atoms with Crippen LogP contribution in [0, 0.1) is 6.92 Å². The fraction of sp³-hybridized carbons (Fsp3) is 0.0833. The lowest BCUT2D eigenvalue weighted by Crippen LogP contribution is -1.96. The number of rotatable bonds is 2. The number of hydrogen-bond donors (Lipinski definition) is 1. The second kappa shape index (κ2) is 4.94. The van der Waals surface area contributed by atoms with Gasteiger partial charge in [0.25, 0.3) is 0 Å². The molecule has 1 heterocycles. The molecule has 0 bridgehead atoms. The van der Waals surface area contributed by atoms with E-state index in [0.717, 1.165) is 10.0 Å². The third-order valence-electron chi connectivity index (χ3n) is 2.12. The van der Waals surface area contributed by atoms with Crippen molar-refractivity contribution in [2.45, 2.75) is 6.92 Å². The third kappa shape index (κ3) is 2.90. The number of nitrogens with zero attached hydrogens (tertiary/aromatic N) is 1. The molecule has 0 amide bonds. The summed E-state index contributed by atoms with van der Waals surface area (Å²) in [6.07, 6.45) is 1.70. The highest BCUT2D eigenvalue weighted by Crippen LogP contribution is 2.33. The van der Waals surface area contributed by atoms with Crippen molar-refractivity contribution in [1.82, 2.24) is 4.98 Å². The zero-order chi connectivity index (χ0) is 12.4. The number of nitrogen functional groups attached to an aromatic ring is 1. The Kier molecular flexibility index (Phi) is 3.54. The topological polar surface area (TPSA) is 48.1 Å². The first kappa shape index (κ1) is 12.2. The van der Waals surface area contributed by atoms with Crippen LogP contribution in [0.25, 0.3) is 0 Å². The van der Waals surface area contributed by atoms with E-state index in [9.17, 15) is 0 Å². The summed E-state index contributed by atoms with van der Waals surface area (Å²) in [6, 6.07) is 7.06. The average Bonchev–Trinajstić information content (AvgIpc) is 2.25. The molecule has 3 nitrogen and oxygen atoms in total. The van der Waals surface area contributed by atoms with Gasteiger partial charge in [0.05, 0.1) is 10.2 Å². The van der Waals surface area contributed by atoms with Gasteiger partial charge in [-0.05, 0) is 52.7 Å². The summed E-state index contributed by atoms with van der Waals surface area (Å²) in [6.45, 7) is 1.92. The largest absolute Gasteiger partial charge is 0.436 e. The second-order valence-electron chi connectivity index (χ2n) is 3.58. The van der Waals surface area contributed by atoms with Crippen LogP contribution in [0.2, 0.25) is 5.02 Å². The van der Waals surface area contributed by atoms with Gasteiger partial charge in [-0.3, -0.25) is 0 Å². The molecule has 0 spiro atoms. The minimum atomic E-state index is 0.388. The summed E-state index contributed by atoms with van der Waals surface area (Å²) in [5.74, 6) is 1.01. The van der Waals surface area contributed by atoms with Gasteiger partial charge >= 0.3 is 0 Å². The summed E-state index contributed by atoms with van der Waals surface area (Å²) in [5, 5.41) is 0.633. The van der Waals surface area contributed by atoms with Gasteiger partial charge in [0, 0.05) is 11.2 Å². The highest BCUT2D eigenvalue weighted by atomic mass is 79.9. The van der Waals surface area contributed by atoms with Gasteiger partial charge in [0.15, 0.2) is 0 Å². The minimum Gasteiger partial charge on any atom is -0.436 e. The summed E-state index contributed by atoms with van der Waals surface area (Å²) in [7, 11) is 0. The van der Waals surface area contributed by atoms with Crippen LogP contribution < -0.4 is 10.5 Å². The molecule has 2 aromatic rings. The highest BCUT2D eigenvalue weighted by Gasteiger charge is 2.07. The molecule has 0 fully saturated rings. The van der Waals surface area contributed by atoms with Crippen molar-refractivity contribution < 1.29 is 4.74 Å². The zero-order valence-corrected chi connectivity index (χ0v) is 11.4. The van der Waals surface area contributed by atoms with Crippen LogP contribution in [0.3, 0.4) is 0 Å². The lowest BCUT2D eigenvalue weighted by Gasteiger charge is -2.09. The van der Waals surface area contributed by atoms with E-state index in [-0.39, 0.29) is 0 Å². The Labute approximate surface area is 113 Å². The first-order chi connectivity index (χ1) is 8.06. The molecule has 17 heavy (non-hydrogen) atoms. The zero-order valence-electron chi connectivity index (χ0n) is 9.08. The van der Waals surface area contributed by atoms with Crippen molar-refractivity contribution in [2.75, 3.05) is 5.73 Å². The Morgan fingerprint density at radius 2 is 2.12 bits per heavy atom. The van der Waals surface area contributed by atoms with Crippen molar-refractivity contribution in [2.24, 2.45) is 0 Å². The monoisotopic (exact) mass is 312 g/mol. The van der Waals surface area contributed by atoms with Crippen molar-refractivity contribution in [3.63, 3.8) is 0 Å². The lowest BCUT2D eigenvalue weighted by atomic mass is 10.3. The molecule has 2 rings (SSSR count). The number of nitrogens with two attached hydrogens (primary N) is 1. The quantitative estimate of drug-likeness (QED) is 0.904.